The van der Waals surface area contributed by atoms with Crippen LogP contribution in [0.15, 0.2) is 40.9 Å². The van der Waals surface area contributed by atoms with Gasteiger partial charge in [-0.15, -0.1) is 0 Å². The van der Waals surface area contributed by atoms with E-state index < -0.39 is 0 Å². The van der Waals surface area contributed by atoms with E-state index in [-0.39, 0.29) is 24.7 Å². The number of carbonyl (C=O) groups excluding carboxylic acids is 2. The van der Waals surface area contributed by atoms with E-state index >= 15 is 0 Å². The molecule has 0 saturated carbocycles. The van der Waals surface area contributed by atoms with Gasteiger partial charge in [0.2, 0.25) is 23.5 Å². The van der Waals surface area contributed by atoms with E-state index in [2.05, 4.69) is 20.8 Å². The first-order valence-electron chi connectivity index (χ1n) is 9.74. The Hall–Kier alpha value is -4.08. The number of aryl methyl sites for hydroxylation is 1. The molecule has 0 aliphatic heterocycles. The Morgan fingerprint density at radius 1 is 0.938 bits per heavy atom. The fourth-order valence-corrected chi connectivity index (χ4v) is 2.97. The summed E-state index contributed by atoms with van der Waals surface area (Å²) in [6.07, 6.45) is 0.399. The summed E-state index contributed by atoms with van der Waals surface area (Å²) in [6, 6.07) is 10.3. The zero-order chi connectivity index (χ0) is 23.1. The minimum Gasteiger partial charge on any atom is -0.495 e. The van der Waals surface area contributed by atoms with Gasteiger partial charge in [0.1, 0.15) is 5.75 Å². The minimum absolute atomic E-state index is 0.134. The number of nitrogens with one attached hydrogen (secondary N) is 2. The Morgan fingerprint density at radius 3 is 2.34 bits per heavy atom. The molecule has 3 rings (SSSR count). The average Bonchev–Trinajstić information content (AvgIpc) is 3.26. The van der Waals surface area contributed by atoms with Crippen LogP contribution in [0, 0.1) is 0 Å². The summed E-state index contributed by atoms with van der Waals surface area (Å²) in [6.45, 7) is 1.39. The highest BCUT2D eigenvalue weighted by atomic mass is 16.5. The molecule has 2 aromatic carbocycles. The quantitative estimate of drug-likeness (QED) is 0.519. The largest absolute Gasteiger partial charge is 0.495 e. The first kappa shape index (κ1) is 22.6. The molecule has 0 bridgehead atoms. The van der Waals surface area contributed by atoms with Crippen LogP contribution in [0.25, 0.3) is 11.4 Å². The van der Waals surface area contributed by atoms with E-state index in [1.165, 1.54) is 14.0 Å². The van der Waals surface area contributed by atoms with Gasteiger partial charge in [-0.3, -0.25) is 9.59 Å². The molecule has 2 N–H and O–H groups in total. The lowest BCUT2D eigenvalue weighted by atomic mass is 10.2. The number of aromatic nitrogens is 2. The number of carbonyl (C=O) groups is 2. The molecule has 0 atom stereocenters. The zero-order valence-electron chi connectivity index (χ0n) is 18.2. The highest BCUT2D eigenvalue weighted by molar-refractivity contribution is 5.94. The third-order valence-electron chi connectivity index (χ3n) is 4.47. The van der Waals surface area contributed by atoms with E-state index in [0.717, 1.165) is 0 Å². The number of amides is 2. The van der Waals surface area contributed by atoms with Crippen molar-refractivity contribution in [3.63, 3.8) is 0 Å². The molecule has 0 unspecified atom stereocenters. The first-order chi connectivity index (χ1) is 15.4. The van der Waals surface area contributed by atoms with Gasteiger partial charge in [-0.2, -0.15) is 4.98 Å². The summed E-state index contributed by atoms with van der Waals surface area (Å²) in [5, 5.41) is 9.41. The van der Waals surface area contributed by atoms with Crippen molar-refractivity contribution in [1.29, 1.82) is 0 Å². The number of methoxy groups -OCH3 is 3. The number of hydrogen-bond acceptors (Lipinski definition) is 8. The normalized spacial score (nSPS) is 10.4. The van der Waals surface area contributed by atoms with Crippen LogP contribution in [-0.4, -0.2) is 43.3 Å². The average molecular weight is 440 g/mol. The van der Waals surface area contributed by atoms with Crippen molar-refractivity contribution >= 4 is 23.2 Å². The smallest absolute Gasteiger partial charge is 0.227 e. The van der Waals surface area contributed by atoms with Gasteiger partial charge in [0.05, 0.1) is 27.0 Å². The second-order valence-electron chi connectivity index (χ2n) is 6.73. The number of anilines is 2. The molecule has 0 saturated heterocycles. The molecule has 2 amide bonds. The Labute approximate surface area is 184 Å². The molecule has 1 aromatic heterocycles. The fourth-order valence-electron chi connectivity index (χ4n) is 2.97. The summed E-state index contributed by atoms with van der Waals surface area (Å²) in [5.74, 6) is 1.87. The van der Waals surface area contributed by atoms with Crippen LogP contribution in [0.1, 0.15) is 19.2 Å². The van der Waals surface area contributed by atoms with Gasteiger partial charge in [-0.05, 0) is 36.4 Å². The van der Waals surface area contributed by atoms with E-state index in [0.29, 0.717) is 45.9 Å². The monoisotopic (exact) mass is 440 g/mol. The van der Waals surface area contributed by atoms with Gasteiger partial charge in [0, 0.05) is 31.0 Å². The Kier molecular flexibility index (Phi) is 7.27. The number of ether oxygens (including phenoxy) is 3. The van der Waals surface area contributed by atoms with Gasteiger partial charge in [-0.25, -0.2) is 0 Å². The molecular weight excluding hydrogens is 416 g/mol. The van der Waals surface area contributed by atoms with Gasteiger partial charge in [-0.1, -0.05) is 5.16 Å². The molecule has 168 valence electrons. The zero-order valence-corrected chi connectivity index (χ0v) is 18.2. The topological polar surface area (TPSA) is 125 Å². The summed E-state index contributed by atoms with van der Waals surface area (Å²) in [7, 11) is 4.60. The number of hydrogen-bond donors (Lipinski definition) is 2. The Balaban J connectivity index is 1.62. The molecule has 32 heavy (non-hydrogen) atoms. The molecule has 0 aliphatic rings. The molecule has 10 nitrogen and oxygen atoms in total. The maximum atomic E-state index is 12.4. The van der Waals surface area contributed by atoms with E-state index in [9.17, 15) is 9.59 Å². The molecule has 10 heteroatoms. The van der Waals surface area contributed by atoms with Crippen molar-refractivity contribution in [1.82, 2.24) is 10.1 Å². The standard InChI is InChI=1S/C22H24N4O6/c1-13(27)23-16-12-15(6-8-17(16)29-2)24-20(28)9-10-21-25-22(26-32-21)14-5-7-18(30-3)19(11-14)31-4/h5-8,11-12H,9-10H2,1-4H3,(H,23,27)(H,24,28). The van der Waals surface area contributed by atoms with Crippen molar-refractivity contribution in [2.45, 2.75) is 19.8 Å². The van der Waals surface area contributed by atoms with Crippen LogP contribution in [0.2, 0.25) is 0 Å². The number of benzene rings is 2. The molecule has 1 heterocycles. The van der Waals surface area contributed by atoms with Crippen molar-refractivity contribution < 1.29 is 28.3 Å². The van der Waals surface area contributed by atoms with Crippen LogP contribution < -0.4 is 24.8 Å². The summed E-state index contributed by atoms with van der Waals surface area (Å²) >= 11 is 0. The van der Waals surface area contributed by atoms with Crippen LogP contribution in [0.3, 0.4) is 0 Å². The predicted molar refractivity (Wildman–Crippen MR) is 117 cm³/mol. The van der Waals surface area contributed by atoms with Crippen LogP contribution >= 0.6 is 0 Å². The lowest BCUT2D eigenvalue weighted by Gasteiger charge is -2.11. The second kappa shape index (κ2) is 10.3. The van der Waals surface area contributed by atoms with Gasteiger partial charge >= 0.3 is 0 Å². The lowest BCUT2D eigenvalue weighted by molar-refractivity contribution is -0.116. The third kappa shape index (κ3) is 5.54. The van der Waals surface area contributed by atoms with E-state index in [4.69, 9.17) is 18.7 Å². The predicted octanol–water partition coefficient (Wildman–Crippen LogP) is 3.29. The number of nitrogens with zero attached hydrogens (tertiary/aromatic N) is 2. The van der Waals surface area contributed by atoms with Crippen molar-refractivity contribution in [2.75, 3.05) is 32.0 Å². The Morgan fingerprint density at radius 2 is 1.66 bits per heavy atom. The molecule has 0 spiro atoms. The lowest BCUT2D eigenvalue weighted by Crippen LogP contribution is -2.13. The first-order valence-corrected chi connectivity index (χ1v) is 9.74. The van der Waals surface area contributed by atoms with Crippen LogP contribution in [0.5, 0.6) is 17.2 Å². The van der Waals surface area contributed by atoms with Crippen molar-refractivity contribution in [2.24, 2.45) is 0 Å². The van der Waals surface area contributed by atoms with Crippen LogP contribution in [0.4, 0.5) is 11.4 Å². The Bertz CT molecular complexity index is 1110. The van der Waals surface area contributed by atoms with E-state index in [1.54, 1.807) is 50.6 Å². The van der Waals surface area contributed by atoms with Gasteiger partial charge in [0.15, 0.2) is 11.5 Å². The molecule has 3 aromatic rings. The van der Waals surface area contributed by atoms with Crippen molar-refractivity contribution in [3.8, 4) is 28.6 Å². The molecule has 0 aliphatic carbocycles. The molecular formula is C22H24N4O6. The second-order valence-corrected chi connectivity index (χ2v) is 6.73. The van der Waals surface area contributed by atoms with E-state index in [1.807, 2.05) is 0 Å². The van der Waals surface area contributed by atoms with Gasteiger partial charge in [0.25, 0.3) is 0 Å². The molecule has 0 radical (unpaired) electrons. The highest BCUT2D eigenvalue weighted by Gasteiger charge is 2.14. The summed E-state index contributed by atoms with van der Waals surface area (Å²) in [5.41, 5.74) is 1.69. The SMILES string of the molecule is COc1ccc(NC(=O)CCc2nc(-c3ccc(OC)c(OC)c3)no2)cc1NC(C)=O. The van der Waals surface area contributed by atoms with Crippen LogP contribution in [-0.2, 0) is 16.0 Å². The molecule has 0 fully saturated rings. The minimum atomic E-state index is -0.242. The maximum Gasteiger partial charge on any atom is 0.227 e. The fraction of sp³-hybridized carbons (Fsp3) is 0.273. The number of rotatable bonds is 9. The summed E-state index contributed by atoms with van der Waals surface area (Å²) in [4.78, 5) is 28.1. The maximum absolute atomic E-state index is 12.4. The highest BCUT2D eigenvalue weighted by Crippen LogP contribution is 2.31. The third-order valence-corrected chi connectivity index (χ3v) is 4.47. The summed E-state index contributed by atoms with van der Waals surface area (Å²) < 4.78 is 21.0. The van der Waals surface area contributed by atoms with Gasteiger partial charge < -0.3 is 29.4 Å². The van der Waals surface area contributed by atoms with Crippen molar-refractivity contribution in [3.05, 3.63) is 42.3 Å².